The molecule has 0 aromatic carbocycles. The number of ether oxygens (including phenoxy) is 3. The second kappa shape index (κ2) is 12.2. The highest BCUT2D eigenvalue weighted by Crippen LogP contribution is 2.31. The molecule has 0 amide bonds. The molecule has 0 saturated carbocycles. The molecule has 8 heteroatoms. The van der Waals surface area contributed by atoms with E-state index in [9.17, 15) is 0 Å². The summed E-state index contributed by atoms with van der Waals surface area (Å²) in [4.78, 5) is 9.72. The number of nitrogens with zero attached hydrogens (tertiary/aromatic N) is 3. The SMILES string of the molecule is CN=C(NCC1(N2CCCC2)CCOCC1)N1CCC(OCC2CCCO2)CC1.I. The lowest BCUT2D eigenvalue weighted by Crippen LogP contribution is -2.59. The Morgan fingerprint density at radius 2 is 1.77 bits per heavy atom. The predicted molar refractivity (Wildman–Crippen MR) is 130 cm³/mol. The number of hydrogen-bond donors (Lipinski definition) is 1. The molecule has 174 valence electrons. The van der Waals surface area contributed by atoms with Crippen LogP contribution in [0, 0.1) is 0 Å². The Kier molecular flexibility index (Phi) is 9.94. The normalized spacial score (nSPS) is 28.5. The molecule has 4 fully saturated rings. The number of guanidine groups is 1. The van der Waals surface area contributed by atoms with E-state index in [0.29, 0.717) is 12.2 Å². The van der Waals surface area contributed by atoms with E-state index in [1.807, 2.05) is 7.05 Å². The molecule has 7 nitrogen and oxygen atoms in total. The van der Waals surface area contributed by atoms with Gasteiger partial charge in [-0.05, 0) is 64.5 Å². The molecule has 0 aliphatic carbocycles. The molecule has 1 unspecified atom stereocenters. The quantitative estimate of drug-likeness (QED) is 0.320. The minimum Gasteiger partial charge on any atom is -0.381 e. The van der Waals surface area contributed by atoms with Gasteiger partial charge in [-0.1, -0.05) is 0 Å². The number of likely N-dealkylation sites (tertiary alicyclic amines) is 2. The fraction of sp³-hybridized carbons (Fsp3) is 0.955. The minimum absolute atomic E-state index is 0. The average Bonchev–Trinajstić information content (AvgIpc) is 3.49. The van der Waals surface area contributed by atoms with Crippen molar-refractivity contribution in [3.63, 3.8) is 0 Å². The summed E-state index contributed by atoms with van der Waals surface area (Å²) in [7, 11) is 1.91. The Morgan fingerprint density at radius 3 is 2.40 bits per heavy atom. The zero-order valence-electron chi connectivity index (χ0n) is 18.7. The van der Waals surface area contributed by atoms with Crippen LogP contribution < -0.4 is 5.32 Å². The maximum atomic E-state index is 6.13. The first-order valence-electron chi connectivity index (χ1n) is 11.8. The van der Waals surface area contributed by atoms with E-state index in [4.69, 9.17) is 14.2 Å². The van der Waals surface area contributed by atoms with Gasteiger partial charge in [-0.15, -0.1) is 24.0 Å². The first-order valence-corrected chi connectivity index (χ1v) is 11.8. The van der Waals surface area contributed by atoms with Gasteiger partial charge in [-0.2, -0.15) is 0 Å². The van der Waals surface area contributed by atoms with E-state index in [2.05, 4.69) is 20.1 Å². The Morgan fingerprint density at radius 1 is 1.03 bits per heavy atom. The van der Waals surface area contributed by atoms with E-state index >= 15 is 0 Å². The molecule has 4 aliphatic heterocycles. The maximum absolute atomic E-state index is 6.13. The molecular weight excluding hydrogens is 495 g/mol. The first kappa shape index (κ1) is 24.5. The zero-order chi connectivity index (χ0) is 19.9. The summed E-state index contributed by atoms with van der Waals surface area (Å²) in [6.45, 7) is 8.87. The third kappa shape index (κ3) is 6.21. The zero-order valence-corrected chi connectivity index (χ0v) is 21.0. The van der Waals surface area contributed by atoms with Crippen LogP contribution in [0.15, 0.2) is 4.99 Å². The van der Waals surface area contributed by atoms with Crippen molar-refractivity contribution in [3.05, 3.63) is 0 Å². The van der Waals surface area contributed by atoms with Crippen molar-refractivity contribution in [1.29, 1.82) is 0 Å². The van der Waals surface area contributed by atoms with Gasteiger partial charge in [0.2, 0.25) is 0 Å². The number of piperidine rings is 1. The highest BCUT2D eigenvalue weighted by atomic mass is 127. The number of hydrogen-bond acceptors (Lipinski definition) is 5. The molecule has 30 heavy (non-hydrogen) atoms. The van der Waals surface area contributed by atoms with Gasteiger partial charge in [0.15, 0.2) is 5.96 Å². The Hall–Kier alpha value is -0.160. The molecule has 4 rings (SSSR count). The third-order valence-corrected chi connectivity index (χ3v) is 7.27. The van der Waals surface area contributed by atoms with Crippen LogP contribution in [0.4, 0.5) is 0 Å². The van der Waals surface area contributed by atoms with Gasteiger partial charge in [-0.3, -0.25) is 9.89 Å². The van der Waals surface area contributed by atoms with Crippen LogP contribution in [0.25, 0.3) is 0 Å². The monoisotopic (exact) mass is 536 g/mol. The summed E-state index contributed by atoms with van der Waals surface area (Å²) in [5, 5.41) is 3.74. The number of aliphatic imine (C=N–C) groups is 1. The summed E-state index contributed by atoms with van der Waals surface area (Å²) in [6, 6.07) is 0. The largest absolute Gasteiger partial charge is 0.381 e. The lowest BCUT2D eigenvalue weighted by Gasteiger charge is -2.45. The van der Waals surface area contributed by atoms with Gasteiger partial charge in [0.25, 0.3) is 0 Å². The number of halogens is 1. The third-order valence-electron chi connectivity index (χ3n) is 7.27. The second-order valence-corrected chi connectivity index (χ2v) is 9.09. The number of nitrogens with one attached hydrogen (secondary N) is 1. The summed E-state index contributed by atoms with van der Waals surface area (Å²) in [5.74, 6) is 1.05. The van der Waals surface area contributed by atoms with E-state index in [1.165, 1.54) is 32.4 Å². The van der Waals surface area contributed by atoms with Crippen molar-refractivity contribution in [1.82, 2.24) is 15.1 Å². The molecular formula is C22H41IN4O3. The highest BCUT2D eigenvalue weighted by Gasteiger charge is 2.40. The van der Waals surface area contributed by atoms with Crippen LogP contribution in [0.5, 0.6) is 0 Å². The molecule has 4 aliphatic rings. The Balaban J connectivity index is 0.00000256. The minimum atomic E-state index is 0. The van der Waals surface area contributed by atoms with Crippen LogP contribution in [0.3, 0.4) is 0 Å². The van der Waals surface area contributed by atoms with Crippen molar-refractivity contribution >= 4 is 29.9 Å². The molecule has 0 bridgehead atoms. The van der Waals surface area contributed by atoms with Gasteiger partial charge < -0.3 is 24.4 Å². The fourth-order valence-electron chi connectivity index (χ4n) is 5.38. The Labute approximate surface area is 199 Å². The van der Waals surface area contributed by atoms with Crippen LogP contribution in [-0.4, -0.2) is 99.7 Å². The van der Waals surface area contributed by atoms with Gasteiger partial charge in [0, 0.05) is 52.0 Å². The maximum Gasteiger partial charge on any atom is 0.193 e. The van der Waals surface area contributed by atoms with E-state index in [0.717, 1.165) is 84.1 Å². The molecule has 1 N–H and O–H groups in total. The summed E-state index contributed by atoms with van der Waals surface area (Å²) < 4.78 is 17.5. The standard InChI is InChI=1S/C22H40N4O3.HI/c1-23-21(24-18-22(8-15-27-16-9-22)26-10-2-3-11-26)25-12-6-19(7-13-25)29-17-20-5-4-14-28-20;/h19-20H,2-18H2,1H3,(H,23,24);1H. The van der Waals surface area contributed by atoms with Gasteiger partial charge in [-0.25, -0.2) is 0 Å². The van der Waals surface area contributed by atoms with Crippen molar-refractivity contribution < 1.29 is 14.2 Å². The van der Waals surface area contributed by atoms with Crippen LogP contribution in [0.1, 0.15) is 51.4 Å². The van der Waals surface area contributed by atoms with Gasteiger partial charge in [0.05, 0.1) is 18.8 Å². The average molecular weight is 536 g/mol. The number of rotatable bonds is 6. The predicted octanol–water partition coefficient (Wildman–Crippen LogP) is 2.48. The van der Waals surface area contributed by atoms with Crippen LogP contribution in [-0.2, 0) is 14.2 Å². The lowest BCUT2D eigenvalue weighted by atomic mass is 9.88. The summed E-state index contributed by atoms with van der Waals surface area (Å²) in [6.07, 6.45) is 10.1. The fourth-order valence-corrected chi connectivity index (χ4v) is 5.38. The van der Waals surface area contributed by atoms with Crippen molar-refractivity contribution in [2.45, 2.75) is 69.1 Å². The van der Waals surface area contributed by atoms with Crippen molar-refractivity contribution in [2.24, 2.45) is 4.99 Å². The molecule has 1 atom stereocenters. The van der Waals surface area contributed by atoms with Gasteiger partial charge >= 0.3 is 0 Å². The van der Waals surface area contributed by atoms with Crippen molar-refractivity contribution in [2.75, 3.05) is 66.2 Å². The summed E-state index contributed by atoms with van der Waals surface area (Å²) >= 11 is 0. The van der Waals surface area contributed by atoms with Gasteiger partial charge in [0.1, 0.15) is 0 Å². The van der Waals surface area contributed by atoms with E-state index < -0.39 is 0 Å². The lowest BCUT2D eigenvalue weighted by molar-refractivity contribution is -0.0370. The molecule has 0 aromatic rings. The Bertz CT molecular complexity index is 524. The molecule has 0 radical (unpaired) electrons. The molecule has 0 aromatic heterocycles. The topological polar surface area (TPSA) is 58.6 Å². The highest BCUT2D eigenvalue weighted by molar-refractivity contribution is 14.0. The van der Waals surface area contributed by atoms with Crippen molar-refractivity contribution in [3.8, 4) is 0 Å². The molecule has 4 heterocycles. The first-order chi connectivity index (χ1) is 14.3. The van der Waals surface area contributed by atoms with Crippen LogP contribution in [0.2, 0.25) is 0 Å². The summed E-state index contributed by atoms with van der Waals surface area (Å²) in [5.41, 5.74) is 0.230. The van der Waals surface area contributed by atoms with E-state index in [-0.39, 0.29) is 29.5 Å². The second-order valence-electron chi connectivity index (χ2n) is 9.09. The molecule has 4 saturated heterocycles. The van der Waals surface area contributed by atoms with E-state index in [1.54, 1.807) is 0 Å². The van der Waals surface area contributed by atoms with Crippen LogP contribution >= 0.6 is 24.0 Å². The smallest absolute Gasteiger partial charge is 0.193 e. The molecule has 0 spiro atoms.